The van der Waals surface area contributed by atoms with Gasteiger partial charge in [0.1, 0.15) is 11.5 Å². The van der Waals surface area contributed by atoms with Crippen LogP contribution in [0.3, 0.4) is 0 Å². The number of hydrogen-bond donors (Lipinski definition) is 1. The standard InChI is InChI=1S/C25H26N2O2/c1-27-14-13-22-20(5-4-6-24(22)27)17-26-16-18-7-12-25(29-3)23(15-18)19-8-10-21(28-2)11-9-19/h4-15,26H,16-17H2,1-3H3. The summed E-state index contributed by atoms with van der Waals surface area (Å²) in [5.41, 5.74) is 5.98. The van der Waals surface area contributed by atoms with E-state index in [-0.39, 0.29) is 0 Å². The van der Waals surface area contributed by atoms with Crippen molar-refractivity contribution in [3.05, 3.63) is 84.1 Å². The van der Waals surface area contributed by atoms with Crippen molar-refractivity contribution in [2.75, 3.05) is 14.2 Å². The number of methoxy groups -OCH3 is 2. The van der Waals surface area contributed by atoms with Crippen LogP contribution in [0, 0.1) is 0 Å². The van der Waals surface area contributed by atoms with E-state index >= 15 is 0 Å². The predicted octanol–water partition coefficient (Wildman–Crippen LogP) is 5.15. The van der Waals surface area contributed by atoms with E-state index in [1.807, 2.05) is 18.2 Å². The predicted molar refractivity (Wildman–Crippen MR) is 118 cm³/mol. The molecule has 0 amide bonds. The molecule has 4 heteroatoms. The Morgan fingerprint density at radius 2 is 1.69 bits per heavy atom. The number of aryl methyl sites for hydroxylation is 1. The van der Waals surface area contributed by atoms with Crippen LogP contribution in [-0.2, 0) is 20.1 Å². The van der Waals surface area contributed by atoms with Crippen LogP contribution in [-0.4, -0.2) is 18.8 Å². The van der Waals surface area contributed by atoms with Crippen molar-refractivity contribution in [2.24, 2.45) is 7.05 Å². The van der Waals surface area contributed by atoms with E-state index in [2.05, 4.69) is 71.7 Å². The van der Waals surface area contributed by atoms with Crippen molar-refractivity contribution in [1.82, 2.24) is 9.88 Å². The minimum absolute atomic E-state index is 0.788. The van der Waals surface area contributed by atoms with Crippen molar-refractivity contribution in [2.45, 2.75) is 13.1 Å². The second kappa shape index (κ2) is 8.41. The maximum Gasteiger partial charge on any atom is 0.126 e. The number of aromatic nitrogens is 1. The van der Waals surface area contributed by atoms with Crippen LogP contribution in [0.5, 0.6) is 11.5 Å². The van der Waals surface area contributed by atoms with Gasteiger partial charge in [0.05, 0.1) is 14.2 Å². The molecule has 0 bridgehead atoms. The summed E-state index contributed by atoms with van der Waals surface area (Å²) < 4.78 is 13.0. The van der Waals surface area contributed by atoms with Crippen LogP contribution < -0.4 is 14.8 Å². The highest BCUT2D eigenvalue weighted by atomic mass is 16.5. The Bertz CT molecular complexity index is 1110. The highest BCUT2D eigenvalue weighted by molar-refractivity contribution is 5.83. The fourth-order valence-electron chi connectivity index (χ4n) is 3.72. The Morgan fingerprint density at radius 3 is 2.45 bits per heavy atom. The highest BCUT2D eigenvalue weighted by Crippen LogP contribution is 2.32. The number of ether oxygens (including phenoxy) is 2. The summed E-state index contributed by atoms with van der Waals surface area (Å²) in [5.74, 6) is 1.72. The maximum atomic E-state index is 5.58. The molecule has 0 atom stereocenters. The Balaban J connectivity index is 1.51. The van der Waals surface area contributed by atoms with Crippen molar-refractivity contribution in [3.8, 4) is 22.6 Å². The second-order valence-electron chi connectivity index (χ2n) is 7.14. The van der Waals surface area contributed by atoms with E-state index < -0.39 is 0 Å². The zero-order chi connectivity index (χ0) is 20.2. The highest BCUT2D eigenvalue weighted by Gasteiger charge is 2.08. The minimum Gasteiger partial charge on any atom is -0.497 e. The third-order valence-corrected chi connectivity index (χ3v) is 5.33. The summed E-state index contributed by atoms with van der Waals surface area (Å²) >= 11 is 0. The van der Waals surface area contributed by atoms with E-state index in [0.717, 1.165) is 35.7 Å². The van der Waals surface area contributed by atoms with Gasteiger partial charge < -0.3 is 19.4 Å². The Hall–Kier alpha value is -3.24. The molecule has 4 aromatic rings. The van der Waals surface area contributed by atoms with Gasteiger partial charge in [-0.2, -0.15) is 0 Å². The van der Waals surface area contributed by atoms with Gasteiger partial charge in [0, 0.05) is 42.8 Å². The molecule has 0 aliphatic rings. The molecule has 0 radical (unpaired) electrons. The molecule has 4 nitrogen and oxygen atoms in total. The van der Waals surface area contributed by atoms with Crippen molar-refractivity contribution >= 4 is 10.9 Å². The number of rotatable bonds is 7. The lowest BCUT2D eigenvalue weighted by Crippen LogP contribution is -2.13. The molecule has 0 spiro atoms. The summed E-state index contributed by atoms with van der Waals surface area (Å²) in [6.07, 6.45) is 2.11. The monoisotopic (exact) mass is 386 g/mol. The zero-order valence-electron chi connectivity index (χ0n) is 17.1. The molecule has 0 aliphatic heterocycles. The number of nitrogens with one attached hydrogen (secondary N) is 1. The van der Waals surface area contributed by atoms with Gasteiger partial charge in [0.2, 0.25) is 0 Å². The molecule has 1 aromatic heterocycles. The van der Waals surface area contributed by atoms with E-state index in [4.69, 9.17) is 9.47 Å². The van der Waals surface area contributed by atoms with Crippen molar-refractivity contribution < 1.29 is 9.47 Å². The van der Waals surface area contributed by atoms with Crippen LogP contribution in [0.25, 0.3) is 22.0 Å². The maximum absolute atomic E-state index is 5.58. The molecular weight excluding hydrogens is 360 g/mol. The summed E-state index contributed by atoms with van der Waals surface area (Å²) in [4.78, 5) is 0. The molecule has 148 valence electrons. The van der Waals surface area contributed by atoms with E-state index in [9.17, 15) is 0 Å². The van der Waals surface area contributed by atoms with Gasteiger partial charge in [0.15, 0.2) is 0 Å². The first kappa shape index (κ1) is 19.1. The molecule has 0 fully saturated rings. The summed E-state index contributed by atoms with van der Waals surface area (Å²) in [5, 5.41) is 4.89. The first-order valence-corrected chi connectivity index (χ1v) is 9.74. The van der Waals surface area contributed by atoms with Crippen LogP contribution in [0.4, 0.5) is 0 Å². The van der Waals surface area contributed by atoms with Gasteiger partial charge in [-0.1, -0.05) is 30.3 Å². The summed E-state index contributed by atoms with van der Waals surface area (Å²) in [7, 11) is 5.47. The quantitative estimate of drug-likeness (QED) is 0.477. The minimum atomic E-state index is 0.788. The van der Waals surface area contributed by atoms with Gasteiger partial charge in [-0.3, -0.25) is 0 Å². The normalized spacial score (nSPS) is 11.0. The molecule has 0 saturated carbocycles. The third-order valence-electron chi connectivity index (χ3n) is 5.33. The molecule has 4 rings (SSSR count). The van der Waals surface area contributed by atoms with Crippen molar-refractivity contribution in [1.29, 1.82) is 0 Å². The fraction of sp³-hybridized carbons (Fsp3) is 0.200. The molecular formula is C25H26N2O2. The smallest absolute Gasteiger partial charge is 0.126 e. The number of nitrogens with zero attached hydrogens (tertiary/aromatic N) is 1. The third kappa shape index (κ3) is 3.98. The number of fused-ring (bicyclic) bond motifs is 1. The second-order valence-corrected chi connectivity index (χ2v) is 7.14. The Morgan fingerprint density at radius 1 is 0.862 bits per heavy atom. The van der Waals surface area contributed by atoms with Crippen LogP contribution in [0.15, 0.2) is 72.9 Å². The molecule has 0 saturated heterocycles. The van der Waals surface area contributed by atoms with Gasteiger partial charge in [-0.25, -0.2) is 0 Å². The molecule has 3 aromatic carbocycles. The Labute approximate surface area is 171 Å². The molecule has 0 aliphatic carbocycles. The topological polar surface area (TPSA) is 35.4 Å². The first-order chi connectivity index (χ1) is 14.2. The average Bonchev–Trinajstić information content (AvgIpc) is 3.15. The lowest BCUT2D eigenvalue weighted by molar-refractivity contribution is 0.414. The fourth-order valence-corrected chi connectivity index (χ4v) is 3.72. The number of hydrogen-bond acceptors (Lipinski definition) is 3. The van der Waals surface area contributed by atoms with Crippen LogP contribution in [0.2, 0.25) is 0 Å². The lowest BCUT2D eigenvalue weighted by Gasteiger charge is -2.13. The number of benzene rings is 3. The largest absolute Gasteiger partial charge is 0.497 e. The SMILES string of the molecule is COc1ccc(-c2cc(CNCc3cccc4c3ccn4C)ccc2OC)cc1. The first-order valence-electron chi connectivity index (χ1n) is 9.74. The van der Waals surface area contributed by atoms with Crippen molar-refractivity contribution in [3.63, 3.8) is 0 Å². The zero-order valence-corrected chi connectivity index (χ0v) is 17.1. The van der Waals surface area contributed by atoms with Crippen LogP contribution in [0.1, 0.15) is 11.1 Å². The molecule has 0 unspecified atom stereocenters. The van der Waals surface area contributed by atoms with Crippen LogP contribution >= 0.6 is 0 Å². The van der Waals surface area contributed by atoms with E-state index in [1.165, 1.54) is 22.0 Å². The Kier molecular flexibility index (Phi) is 5.54. The van der Waals surface area contributed by atoms with Gasteiger partial charge in [-0.05, 0) is 53.1 Å². The van der Waals surface area contributed by atoms with Gasteiger partial charge in [-0.15, -0.1) is 0 Å². The van der Waals surface area contributed by atoms with Gasteiger partial charge >= 0.3 is 0 Å². The van der Waals surface area contributed by atoms with Gasteiger partial charge in [0.25, 0.3) is 0 Å². The average molecular weight is 386 g/mol. The lowest BCUT2D eigenvalue weighted by atomic mass is 10.0. The summed E-state index contributed by atoms with van der Waals surface area (Å²) in [6, 6.07) is 23.0. The molecule has 1 heterocycles. The molecule has 29 heavy (non-hydrogen) atoms. The molecule has 1 N–H and O–H groups in total. The summed E-state index contributed by atoms with van der Waals surface area (Å²) in [6.45, 7) is 1.61. The van der Waals surface area contributed by atoms with E-state index in [0.29, 0.717) is 0 Å². The van der Waals surface area contributed by atoms with E-state index in [1.54, 1.807) is 14.2 Å².